The number of halogens is 3. The minimum absolute atomic E-state index is 0.618. The van der Waals surface area contributed by atoms with E-state index in [1.807, 2.05) is 24.3 Å². The quantitative estimate of drug-likeness (QED) is 0.707. The molecule has 0 radical (unpaired) electrons. The fraction of sp³-hybridized carbons (Fsp3) is 0.278. The Hall–Kier alpha value is -1.26. The maximum atomic E-state index is 6.16. The SMILES string of the molecule is Clc1ccc(CN2CCN(N=Cc3ccc(Cl)cc3Cl)CC2)cc1. The first kappa shape index (κ1) is 17.6. The Morgan fingerprint density at radius 2 is 1.54 bits per heavy atom. The molecule has 1 saturated heterocycles. The summed E-state index contributed by atoms with van der Waals surface area (Å²) < 4.78 is 0. The Labute approximate surface area is 157 Å². The molecule has 3 rings (SSSR count). The smallest absolute Gasteiger partial charge is 0.0557 e. The number of hydrogen-bond donors (Lipinski definition) is 0. The first-order valence-electron chi connectivity index (χ1n) is 7.81. The van der Waals surface area contributed by atoms with Crippen LogP contribution in [0.15, 0.2) is 47.6 Å². The van der Waals surface area contributed by atoms with Crippen molar-refractivity contribution in [2.45, 2.75) is 6.54 Å². The van der Waals surface area contributed by atoms with Gasteiger partial charge < -0.3 is 0 Å². The summed E-state index contributed by atoms with van der Waals surface area (Å²) in [6.45, 7) is 4.70. The van der Waals surface area contributed by atoms with Gasteiger partial charge in [-0.25, -0.2) is 0 Å². The Kier molecular flexibility index (Phi) is 6.01. The van der Waals surface area contributed by atoms with E-state index >= 15 is 0 Å². The van der Waals surface area contributed by atoms with Crippen molar-refractivity contribution in [2.75, 3.05) is 26.2 Å². The second kappa shape index (κ2) is 8.21. The lowest BCUT2D eigenvalue weighted by Gasteiger charge is -2.33. The van der Waals surface area contributed by atoms with Gasteiger partial charge >= 0.3 is 0 Å². The van der Waals surface area contributed by atoms with Crippen molar-refractivity contribution in [1.29, 1.82) is 0 Å². The molecule has 1 aliphatic rings. The van der Waals surface area contributed by atoms with Crippen molar-refractivity contribution >= 4 is 41.0 Å². The van der Waals surface area contributed by atoms with Gasteiger partial charge in [-0.3, -0.25) is 9.91 Å². The third-order valence-corrected chi connectivity index (χ3v) is 4.81. The van der Waals surface area contributed by atoms with Crippen molar-refractivity contribution in [3.8, 4) is 0 Å². The first-order valence-corrected chi connectivity index (χ1v) is 8.94. The average molecular weight is 383 g/mol. The summed E-state index contributed by atoms with van der Waals surface area (Å²) in [6, 6.07) is 13.5. The maximum absolute atomic E-state index is 6.16. The van der Waals surface area contributed by atoms with Gasteiger partial charge in [0.1, 0.15) is 0 Å². The Balaban J connectivity index is 1.51. The number of hydrazone groups is 1. The summed E-state index contributed by atoms with van der Waals surface area (Å²) in [5.41, 5.74) is 2.16. The number of piperazine rings is 1. The van der Waals surface area contributed by atoms with E-state index in [2.05, 4.69) is 27.1 Å². The molecule has 0 amide bonds. The van der Waals surface area contributed by atoms with Crippen molar-refractivity contribution in [3.05, 3.63) is 68.7 Å². The standard InChI is InChI=1S/C18H18Cl3N3/c19-16-4-1-14(2-5-16)13-23-7-9-24(10-8-23)22-12-15-3-6-17(20)11-18(15)21/h1-6,11-12H,7-10,13H2. The number of rotatable bonds is 4. The molecule has 0 aromatic heterocycles. The molecule has 0 saturated carbocycles. The highest BCUT2D eigenvalue weighted by atomic mass is 35.5. The van der Waals surface area contributed by atoms with Crippen LogP contribution < -0.4 is 0 Å². The molecule has 126 valence electrons. The molecule has 0 aliphatic carbocycles. The van der Waals surface area contributed by atoms with Gasteiger partial charge in [-0.2, -0.15) is 5.10 Å². The van der Waals surface area contributed by atoms with E-state index in [0.717, 1.165) is 43.3 Å². The van der Waals surface area contributed by atoms with Crippen LogP contribution in [-0.2, 0) is 6.54 Å². The number of benzene rings is 2. The van der Waals surface area contributed by atoms with Gasteiger partial charge in [-0.1, -0.05) is 53.0 Å². The summed E-state index contributed by atoms with van der Waals surface area (Å²) in [4.78, 5) is 2.42. The monoisotopic (exact) mass is 381 g/mol. The van der Waals surface area contributed by atoms with E-state index < -0.39 is 0 Å². The van der Waals surface area contributed by atoms with Gasteiger partial charge in [-0.05, 0) is 29.8 Å². The molecule has 1 aliphatic heterocycles. The fourth-order valence-electron chi connectivity index (χ4n) is 2.61. The van der Waals surface area contributed by atoms with Gasteiger partial charge in [0.15, 0.2) is 0 Å². The van der Waals surface area contributed by atoms with Crippen LogP contribution in [0.2, 0.25) is 15.1 Å². The Bertz CT molecular complexity index is 708. The molecule has 2 aromatic rings. The van der Waals surface area contributed by atoms with Crippen LogP contribution in [0.4, 0.5) is 0 Å². The topological polar surface area (TPSA) is 18.8 Å². The van der Waals surface area contributed by atoms with Crippen LogP contribution in [0, 0.1) is 0 Å². The summed E-state index contributed by atoms with van der Waals surface area (Å²) >= 11 is 18.0. The van der Waals surface area contributed by atoms with Crippen LogP contribution in [0.3, 0.4) is 0 Å². The van der Waals surface area contributed by atoms with Crippen LogP contribution in [-0.4, -0.2) is 42.3 Å². The largest absolute Gasteiger partial charge is 0.295 e. The summed E-state index contributed by atoms with van der Waals surface area (Å²) in [7, 11) is 0. The number of nitrogens with zero attached hydrogens (tertiary/aromatic N) is 3. The minimum Gasteiger partial charge on any atom is -0.295 e. The highest BCUT2D eigenvalue weighted by molar-refractivity contribution is 6.36. The molecule has 3 nitrogen and oxygen atoms in total. The normalized spacial score (nSPS) is 16.0. The molecule has 0 unspecified atom stereocenters. The van der Waals surface area contributed by atoms with Crippen molar-refractivity contribution in [1.82, 2.24) is 9.91 Å². The van der Waals surface area contributed by atoms with Gasteiger partial charge in [0.2, 0.25) is 0 Å². The molecule has 1 heterocycles. The van der Waals surface area contributed by atoms with E-state index in [9.17, 15) is 0 Å². The van der Waals surface area contributed by atoms with Gasteiger partial charge in [0, 0.05) is 48.3 Å². The zero-order valence-corrected chi connectivity index (χ0v) is 15.4. The van der Waals surface area contributed by atoms with Crippen molar-refractivity contribution in [2.24, 2.45) is 5.10 Å². The third-order valence-electron chi connectivity index (χ3n) is 3.99. The lowest BCUT2D eigenvalue weighted by Crippen LogP contribution is -2.43. The molecule has 2 aromatic carbocycles. The molecule has 0 atom stereocenters. The van der Waals surface area contributed by atoms with E-state index in [0.29, 0.717) is 10.0 Å². The van der Waals surface area contributed by atoms with E-state index in [-0.39, 0.29) is 0 Å². The van der Waals surface area contributed by atoms with Gasteiger partial charge in [0.05, 0.1) is 11.2 Å². The second-order valence-electron chi connectivity index (χ2n) is 5.77. The fourth-order valence-corrected chi connectivity index (χ4v) is 3.19. The highest BCUT2D eigenvalue weighted by Gasteiger charge is 2.15. The van der Waals surface area contributed by atoms with E-state index in [4.69, 9.17) is 34.8 Å². The lowest BCUT2D eigenvalue weighted by molar-refractivity contribution is 0.131. The highest BCUT2D eigenvalue weighted by Crippen LogP contribution is 2.19. The first-order chi connectivity index (χ1) is 11.6. The Morgan fingerprint density at radius 1 is 0.875 bits per heavy atom. The predicted octanol–water partition coefficient (Wildman–Crippen LogP) is 4.80. The van der Waals surface area contributed by atoms with Crippen LogP contribution >= 0.6 is 34.8 Å². The molecule has 0 bridgehead atoms. The molecule has 6 heteroatoms. The summed E-state index contributed by atoms with van der Waals surface area (Å²) in [6.07, 6.45) is 1.80. The third kappa shape index (κ3) is 4.87. The zero-order chi connectivity index (χ0) is 16.9. The van der Waals surface area contributed by atoms with Crippen molar-refractivity contribution < 1.29 is 0 Å². The van der Waals surface area contributed by atoms with Crippen LogP contribution in [0.25, 0.3) is 0 Å². The molecule has 1 fully saturated rings. The van der Waals surface area contributed by atoms with Gasteiger partial charge in [0.25, 0.3) is 0 Å². The van der Waals surface area contributed by atoms with E-state index in [1.54, 1.807) is 12.3 Å². The predicted molar refractivity (Wildman–Crippen MR) is 102 cm³/mol. The molecule has 0 spiro atoms. The lowest BCUT2D eigenvalue weighted by atomic mass is 10.2. The van der Waals surface area contributed by atoms with E-state index in [1.165, 1.54) is 5.56 Å². The van der Waals surface area contributed by atoms with Crippen molar-refractivity contribution in [3.63, 3.8) is 0 Å². The molecule has 24 heavy (non-hydrogen) atoms. The Morgan fingerprint density at radius 3 is 2.21 bits per heavy atom. The average Bonchev–Trinajstić information content (AvgIpc) is 2.57. The van der Waals surface area contributed by atoms with Gasteiger partial charge in [-0.15, -0.1) is 0 Å². The molecular weight excluding hydrogens is 365 g/mol. The maximum Gasteiger partial charge on any atom is 0.0557 e. The zero-order valence-electron chi connectivity index (χ0n) is 13.1. The number of hydrogen-bond acceptors (Lipinski definition) is 3. The molecular formula is C18H18Cl3N3. The molecule has 0 N–H and O–H groups in total. The van der Waals surface area contributed by atoms with Crippen LogP contribution in [0.5, 0.6) is 0 Å². The summed E-state index contributed by atoms with van der Waals surface area (Å²) in [5.74, 6) is 0. The van der Waals surface area contributed by atoms with Crippen LogP contribution in [0.1, 0.15) is 11.1 Å². The minimum atomic E-state index is 0.618. The second-order valence-corrected chi connectivity index (χ2v) is 7.05. The summed E-state index contributed by atoms with van der Waals surface area (Å²) in [5, 5.41) is 8.63.